The summed E-state index contributed by atoms with van der Waals surface area (Å²) < 4.78 is 99.6. The Morgan fingerprint density at radius 3 is 1.85 bits per heavy atom. The van der Waals surface area contributed by atoms with Crippen molar-refractivity contribution in [1.82, 2.24) is 4.98 Å². The lowest BCUT2D eigenvalue weighted by Gasteiger charge is -2.22. The van der Waals surface area contributed by atoms with Crippen molar-refractivity contribution in [2.45, 2.75) is 18.3 Å². The topological polar surface area (TPSA) is 50.2 Å². The molecule has 0 saturated heterocycles. The quantitative estimate of drug-likeness (QED) is 0.851. The van der Waals surface area contributed by atoms with Gasteiger partial charge < -0.3 is 5.11 Å². The van der Waals surface area contributed by atoms with Gasteiger partial charge in [-0.05, 0) is 12.1 Å². The third kappa shape index (κ3) is 2.80. The summed E-state index contributed by atoms with van der Waals surface area (Å²) in [6.07, 6.45) is -11.9. The van der Waals surface area contributed by atoms with Crippen LogP contribution in [0.15, 0.2) is 12.1 Å². The molecule has 1 aromatic heterocycles. The summed E-state index contributed by atoms with van der Waals surface area (Å²) in [6, 6.07) is -0.00739. The Morgan fingerprint density at radius 1 is 1.00 bits per heavy atom. The van der Waals surface area contributed by atoms with Crippen LogP contribution in [0.25, 0.3) is 0 Å². The molecule has 11 heteroatoms. The van der Waals surface area contributed by atoms with Crippen LogP contribution < -0.4 is 0 Å². The van der Waals surface area contributed by atoms with E-state index in [0.29, 0.717) is 0 Å². The van der Waals surface area contributed by atoms with Crippen LogP contribution in [0.1, 0.15) is 21.7 Å². The van der Waals surface area contributed by atoms with Gasteiger partial charge >= 0.3 is 24.2 Å². The predicted octanol–water partition coefficient (Wildman–Crippen LogP) is 3.45. The van der Waals surface area contributed by atoms with Crippen molar-refractivity contribution in [2.24, 2.45) is 0 Å². The van der Waals surface area contributed by atoms with Gasteiger partial charge in [-0.1, -0.05) is 0 Å². The van der Waals surface area contributed by atoms with Gasteiger partial charge in [0.1, 0.15) is 11.4 Å². The normalized spacial score (nSPS) is 13.4. The molecule has 0 spiro atoms. The molecule has 0 bridgehead atoms. The van der Waals surface area contributed by atoms with Crippen molar-refractivity contribution in [3.8, 4) is 0 Å². The summed E-state index contributed by atoms with van der Waals surface area (Å²) in [5, 5.41) is 8.40. The summed E-state index contributed by atoms with van der Waals surface area (Å²) in [4.78, 5) is 12.7. The van der Waals surface area contributed by atoms with Crippen LogP contribution in [0.2, 0.25) is 0 Å². The van der Waals surface area contributed by atoms with E-state index in [1.165, 1.54) is 0 Å². The predicted molar refractivity (Wildman–Crippen MR) is 46.1 cm³/mol. The van der Waals surface area contributed by atoms with Crippen molar-refractivity contribution in [2.75, 3.05) is 0 Å². The minimum absolute atomic E-state index is 0.182. The highest BCUT2D eigenvalue weighted by atomic mass is 19.4. The first-order valence-electron chi connectivity index (χ1n) is 4.55. The fraction of sp³-hybridized carbons (Fsp3) is 0.333. The Labute approximate surface area is 104 Å². The number of halogens is 8. The number of alkyl halides is 8. The zero-order valence-electron chi connectivity index (χ0n) is 8.98. The fourth-order valence-electron chi connectivity index (χ4n) is 1.18. The van der Waals surface area contributed by atoms with Gasteiger partial charge in [0.25, 0.3) is 0 Å². The van der Waals surface area contributed by atoms with Crippen LogP contribution in [0.3, 0.4) is 0 Å². The number of aromatic carboxylic acids is 1. The van der Waals surface area contributed by atoms with E-state index in [9.17, 15) is 39.9 Å². The molecule has 0 fully saturated rings. The molecule has 0 unspecified atom stereocenters. The van der Waals surface area contributed by atoms with E-state index in [-0.39, 0.29) is 12.1 Å². The molecule has 0 saturated carbocycles. The molecule has 0 aliphatic rings. The maximum atomic E-state index is 13.0. The lowest BCUT2D eigenvalue weighted by Crippen LogP contribution is -2.37. The molecule has 0 atom stereocenters. The lowest BCUT2D eigenvalue weighted by molar-refractivity contribution is -0.292. The first kappa shape index (κ1) is 16.1. The fourth-order valence-corrected chi connectivity index (χ4v) is 1.18. The summed E-state index contributed by atoms with van der Waals surface area (Å²) in [5.74, 6) is -7.98. The van der Waals surface area contributed by atoms with Crippen molar-refractivity contribution in [3.05, 3.63) is 29.1 Å². The average molecular weight is 309 g/mol. The van der Waals surface area contributed by atoms with Crippen molar-refractivity contribution in [1.29, 1.82) is 0 Å². The van der Waals surface area contributed by atoms with Gasteiger partial charge in [-0.15, -0.1) is 0 Å². The van der Waals surface area contributed by atoms with E-state index in [2.05, 4.69) is 4.98 Å². The molecule has 112 valence electrons. The number of carbonyl (C=O) groups is 1. The van der Waals surface area contributed by atoms with Crippen molar-refractivity contribution >= 4 is 5.97 Å². The van der Waals surface area contributed by atoms with Gasteiger partial charge in [-0.3, -0.25) is 0 Å². The number of pyridine rings is 1. The molecule has 0 amide bonds. The van der Waals surface area contributed by atoms with Crippen LogP contribution >= 0.6 is 0 Å². The summed E-state index contributed by atoms with van der Waals surface area (Å²) in [5.41, 5.74) is -6.42. The van der Waals surface area contributed by atoms with E-state index in [0.717, 1.165) is 0 Å². The van der Waals surface area contributed by atoms with Crippen LogP contribution in [0.4, 0.5) is 35.1 Å². The van der Waals surface area contributed by atoms with Gasteiger partial charge in [0.05, 0.1) is 5.56 Å². The van der Waals surface area contributed by atoms with Crippen LogP contribution in [0.5, 0.6) is 0 Å². The standard InChI is InChI=1S/C9H3F8NO2/c10-7(11,9(15,16)17)5-3(8(12,13)14)1-2-4(18-5)6(19)20/h1-2H,(H,19,20). The lowest BCUT2D eigenvalue weighted by atomic mass is 10.1. The molecule has 1 heterocycles. The number of carboxylic acids is 1. The second-order valence-corrected chi connectivity index (χ2v) is 3.47. The molecule has 0 radical (unpaired) electrons. The Morgan fingerprint density at radius 2 is 1.50 bits per heavy atom. The summed E-state index contributed by atoms with van der Waals surface area (Å²) in [7, 11) is 0. The number of rotatable bonds is 2. The highest BCUT2D eigenvalue weighted by Crippen LogP contribution is 2.47. The van der Waals surface area contributed by atoms with Crippen LogP contribution in [-0.2, 0) is 12.1 Å². The van der Waals surface area contributed by atoms with Gasteiger partial charge in [-0.2, -0.15) is 35.1 Å². The summed E-state index contributed by atoms with van der Waals surface area (Å²) >= 11 is 0. The number of hydrogen-bond acceptors (Lipinski definition) is 2. The minimum Gasteiger partial charge on any atom is -0.477 e. The average Bonchev–Trinajstić information content (AvgIpc) is 2.25. The first-order valence-corrected chi connectivity index (χ1v) is 4.55. The number of nitrogens with zero attached hydrogens (tertiary/aromatic N) is 1. The zero-order chi connectivity index (χ0) is 15.9. The molecule has 1 N–H and O–H groups in total. The van der Waals surface area contributed by atoms with E-state index in [1.807, 2.05) is 0 Å². The molecule has 3 nitrogen and oxygen atoms in total. The Bertz CT molecular complexity index is 534. The highest BCUT2D eigenvalue weighted by Gasteiger charge is 2.62. The molecule has 0 aliphatic heterocycles. The molecular weight excluding hydrogens is 306 g/mol. The van der Waals surface area contributed by atoms with Crippen LogP contribution in [-0.4, -0.2) is 22.2 Å². The summed E-state index contributed by atoms with van der Waals surface area (Å²) in [6.45, 7) is 0. The highest BCUT2D eigenvalue weighted by molar-refractivity contribution is 5.85. The first-order chi connectivity index (χ1) is 8.78. The number of hydrogen-bond donors (Lipinski definition) is 1. The van der Waals surface area contributed by atoms with Gasteiger partial charge in [0.15, 0.2) is 0 Å². The Balaban J connectivity index is 3.64. The Kier molecular flexibility index (Phi) is 3.68. The van der Waals surface area contributed by atoms with E-state index >= 15 is 0 Å². The third-order valence-corrected chi connectivity index (χ3v) is 2.07. The second kappa shape index (κ2) is 4.56. The third-order valence-electron chi connectivity index (χ3n) is 2.07. The largest absolute Gasteiger partial charge is 0.477 e. The molecular formula is C9H3F8NO2. The molecule has 1 aromatic rings. The smallest absolute Gasteiger partial charge is 0.459 e. The molecule has 0 aromatic carbocycles. The van der Waals surface area contributed by atoms with Crippen molar-refractivity contribution < 1.29 is 45.0 Å². The van der Waals surface area contributed by atoms with Crippen molar-refractivity contribution in [3.63, 3.8) is 0 Å². The van der Waals surface area contributed by atoms with Crippen LogP contribution in [0, 0.1) is 0 Å². The van der Waals surface area contributed by atoms with E-state index in [4.69, 9.17) is 5.11 Å². The maximum Gasteiger partial charge on any atom is 0.459 e. The SMILES string of the molecule is O=C(O)c1ccc(C(F)(F)F)c(C(F)(F)C(F)(F)F)n1. The van der Waals surface area contributed by atoms with Gasteiger partial charge in [-0.25, -0.2) is 9.78 Å². The molecule has 20 heavy (non-hydrogen) atoms. The van der Waals surface area contributed by atoms with Gasteiger partial charge in [0.2, 0.25) is 0 Å². The second-order valence-electron chi connectivity index (χ2n) is 3.47. The minimum atomic E-state index is -6.35. The monoisotopic (exact) mass is 309 g/mol. The van der Waals surface area contributed by atoms with E-state index in [1.54, 1.807) is 0 Å². The maximum absolute atomic E-state index is 13.0. The zero-order valence-corrected chi connectivity index (χ0v) is 8.98. The Hall–Kier alpha value is -1.94. The van der Waals surface area contributed by atoms with Gasteiger partial charge in [0, 0.05) is 0 Å². The molecule has 1 rings (SSSR count). The van der Waals surface area contributed by atoms with E-state index < -0.39 is 41.2 Å². The number of carboxylic acid groups (broad SMARTS) is 1. The molecule has 0 aliphatic carbocycles. The number of aromatic nitrogens is 1.